The summed E-state index contributed by atoms with van der Waals surface area (Å²) in [7, 11) is 6.26. The molecule has 0 spiro atoms. The molecule has 3 nitrogen and oxygen atoms in total. The van der Waals surface area contributed by atoms with E-state index in [4.69, 9.17) is 0 Å². The second-order valence-corrected chi connectivity index (χ2v) is 5.31. The molecule has 0 saturated heterocycles. The van der Waals surface area contributed by atoms with Gasteiger partial charge in [-0.15, -0.1) is 0 Å². The summed E-state index contributed by atoms with van der Waals surface area (Å²) in [5.41, 5.74) is 2.09. The van der Waals surface area contributed by atoms with Gasteiger partial charge in [0.2, 0.25) is 0 Å². The van der Waals surface area contributed by atoms with Crippen LogP contribution in [0.3, 0.4) is 0 Å². The molecule has 0 aromatic heterocycles. The first kappa shape index (κ1) is 22.2. The van der Waals surface area contributed by atoms with E-state index >= 15 is 0 Å². The van der Waals surface area contributed by atoms with Crippen molar-refractivity contribution in [3.8, 4) is 0 Å². The van der Waals surface area contributed by atoms with E-state index in [0.717, 1.165) is 37.3 Å². The molecule has 0 aromatic rings. The fourth-order valence-electron chi connectivity index (χ4n) is 1.62. The Bertz CT molecular complexity index is 308. The lowest BCUT2D eigenvalue weighted by atomic mass is 10.2. The first-order valence-electron chi connectivity index (χ1n) is 7.97. The average molecular weight is 296 g/mol. The lowest BCUT2D eigenvalue weighted by Gasteiger charge is -2.27. The summed E-state index contributed by atoms with van der Waals surface area (Å²) in [5, 5.41) is 3.18. The summed E-state index contributed by atoms with van der Waals surface area (Å²) < 4.78 is 0. The van der Waals surface area contributed by atoms with Gasteiger partial charge < -0.3 is 15.1 Å². The van der Waals surface area contributed by atoms with Gasteiger partial charge in [-0.2, -0.15) is 0 Å². The maximum atomic E-state index is 4.07. The Morgan fingerprint density at radius 3 is 2.19 bits per heavy atom. The Morgan fingerprint density at radius 2 is 1.71 bits per heavy atom. The number of allylic oxidation sites excluding steroid dienone is 3. The highest BCUT2D eigenvalue weighted by molar-refractivity contribution is 5.21. The third-order valence-corrected chi connectivity index (χ3v) is 3.40. The van der Waals surface area contributed by atoms with Gasteiger partial charge in [0.05, 0.1) is 0 Å². The second-order valence-electron chi connectivity index (χ2n) is 5.31. The summed E-state index contributed by atoms with van der Waals surface area (Å²) in [4.78, 5) is 4.58. The van der Waals surface area contributed by atoms with Crippen molar-refractivity contribution in [2.24, 2.45) is 0 Å². The number of likely N-dealkylation sites (N-methyl/N-ethyl adjacent to an activating group) is 3. The molecule has 0 bridgehead atoms. The van der Waals surface area contributed by atoms with Crippen LogP contribution in [0.4, 0.5) is 0 Å². The highest BCUT2D eigenvalue weighted by atomic mass is 15.2. The molecule has 0 heterocycles. The molecule has 21 heavy (non-hydrogen) atoms. The molecule has 124 valence electrons. The molecule has 0 radical (unpaired) electrons. The van der Waals surface area contributed by atoms with Crippen LogP contribution in [-0.2, 0) is 0 Å². The van der Waals surface area contributed by atoms with Gasteiger partial charge in [-0.05, 0) is 40.4 Å². The summed E-state index contributed by atoms with van der Waals surface area (Å²) in [5.74, 6) is 0. The van der Waals surface area contributed by atoms with Gasteiger partial charge in [0.15, 0.2) is 0 Å². The molecule has 0 aliphatic rings. The van der Waals surface area contributed by atoms with Crippen molar-refractivity contribution < 1.29 is 0 Å². The van der Waals surface area contributed by atoms with E-state index in [2.05, 4.69) is 49.3 Å². The van der Waals surface area contributed by atoms with Gasteiger partial charge in [-0.25, -0.2) is 0 Å². The Kier molecular flexibility index (Phi) is 14.7. The molecule has 1 N–H and O–H groups in total. The maximum absolute atomic E-state index is 4.07. The van der Waals surface area contributed by atoms with Crippen LogP contribution in [0.1, 0.15) is 34.1 Å². The van der Waals surface area contributed by atoms with E-state index in [1.807, 2.05) is 40.0 Å². The standard InChI is InChI=1S/C16H31N3.C2H6/c1-14(2)8-9-15(3)18(6)12-10-16(4)19(7)13-11-17-5;1-2/h8-9,16-17H,1,3,10-13H2,2,4-7H3;1-2H3/b9-8-;. The van der Waals surface area contributed by atoms with Crippen LogP contribution in [0.5, 0.6) is 0 Å². The number of nitrogens with one attached hydrogen (secondary N) is 1. The van der Waals surface area contributed by atoms with E-state index in [1.54, 1.807) is 0 Å². The Labute approximate surface area is 133 Å². The molecule has 3 heteroatoms. The minimum absolute atomic E-state index is 0.578. The van der Waals surface area contributed by atoms with Gasteiger partial charge in [-0.3, -0.25) is 0 Å². The van der Waals surface area contributed by atoms with E-state index < -0.39 is 0 Å². The number of rotatable bonds is 10. The molecule has 0 amide bonds. The minimum atomic E-state index is 0.578. The first-order valence-corrected chi connectivity index (χ1v) is 7.97. The predicted octanol–water partition coefficient (Wildman–Crippen LogP) is 3.52. The number of nitrogens with zero attached hydrogens (tertiary/aromatic N) is 2. The van der Waals surface area contributed by atoms with Gasteiger partial charge in [-0.1, -0.05) is 38.7 Å². The van der Waals surface area contributed by atoms with Gasteiger partial charge in [0.25, 0.3) is 0 Å². The van der Waals surface area contributed by atoms with Crippen LogP contribution in [0, 0.1) is 0 Å². The normalized spacial score (nSPS) is 12.0. The molecule has 0 aliphatic carbocycles. The SMILES string of the molecule is C=C(C)/C=C\C(=C)N(C)CCC(C)N(C)CCNC.CC. The smallest absolute Gasteiger partial charge is 0.0290 e. The molecule has 1 atom stereocenters. The monoisotopic (exact) mass is 295 g/mol. The van der Waals surface area contributed by atoms with Crippen molar-refractivity contribution in [2.75, 3.05) is 40.8 Å². The van der Waals surface area contributed by atoms with Crippen LogP contribution < -0.4 is 5.32 Å². The Balaban J connectivity index is 0. The topological polar surface area (TPSA) is 18.5 Å². The highest BCUT2D eigenvalue weighted by Crippen LogP contribution is 2.07. The summed E-state index contributed by atoms with van der Waals surface area (Å²) >= 11 is 0. The molecular formula is C18H37N3. The van der Waals surface area contributed by atoms with E-state index in [-0.39, 0.29) is 0 Å². The van der Waals surface area contributed by atoms with Gasteiger partial charge >= 0.3 is 0 Å². The Hall–Kier alpha value is -1.06. The lowest BCUT2D eigenvalue weighted by molar-refractivity contribution is 0.231. The molecule has 0 saturated carbocycles. The highest BCUT2D eigenvalue weighted by Gasteiger charge is 2.09. The van der Waals surface area contributed by atoms with E-state index in [9.17, 15) is 0 Å². The summed E-state index contributed by atoms with van der Waals surface area (Å²) in [6.07, 6.45) is 5.16. The van der Waals surface area contributed by atoms with Gasteiger partial charge in [0, 0.05) is 38.4 Å². The largest absolute Gasteiger partial charge is 0.375 e. The zero-order chi connectivity index (χ0) is 16.8. The fourth-order valence-corrected chi connectivity index (χ4v) is 1.62. The van der Waals surface area contributed by atoms with Crippen LogP contribution in [0.2, 0.25) is 0 Å². The van der Waals surface area contributed by atoms with Crippen molar-refractivity contribution >= 4 is 0 Å². The molecule has 0 rings (SSSR count). The Morgan fingerprint density at radius 1 is 1.14 bits per heavy atom. The van der Waals surface area contributed by atoms with Gasteiger partial charge in [0.1, 0.15) is 0 Å². The first-order chi connectivity index (χ1) is 9.88. The van der Waals surface area contributed by atoms with Crippen molar-refractivity contribution in [3.05, 3.63) is 36.6 Å². The fraction of sp³-hybridized carbons (Fsp3) is 0.667. The third-order valence-electron chi connectivity index (χ3n) is 3.40. The zero-order valence-electron chi connectivity index (χ0n) is 15.4. The number of hydrogen-bond acceptors (Lipinski definition) is 3. The minimum Gasteiger partial charge on any atom is -0.375 e. The molecule has 0 fully saturated rings. The molecule has 0 aromatic carbocycles. The quantitative estimate of drug-likeness (QED) is 0.622. The molecule has 0 aliphatic heterocycles. The van der Waals surface area contributed by atoms with E-state index in [0.29, 0.717) is 6.04 Å². The molecular weight excluding hydrogens is 258 g/mol. The number of hydrogen-bond donors (Lipinski definition) is 1. The third kappa shape index (κ3) is 12.4. The van der Waals surface area contributed by atoms with E-state index in [1.165, 1.54) is 0 Å². The predicted molar refractivity (Wildman–Crippen MR) is 97.7 cm³/mol. The maximum Gasteiger partial charge on any atom is 0.0290 e. The van der Waals surface area contributed by atoms with Crippen LogP contribution >= 0.6 is 0 Å². The summed E-state index contributed by atoms with van der Waals surface area (Å²) in [6, 6.07) is 0.578. The zero-order valence-corrected chi connectivity index (χ0v) is 15.4. The van der Waals surface area contributed by atoms with Crippen molar-refractivity contribution in [3.63, 3.8) is 0 Å². The molecule has 1 unspecified atom stereocenters. The van der Waals surface area contributed by atoms with Crippen LogP contribution in [0.15, 0.2) is 36.6 Å². The van der Waals surface area contributed by atoms with Crippen LogP contribution in [-0.4, -0.2) is 56.6 Å². The second kappa shape index (κ2) is 13.9. The van der Waals surface area contributed by atoms with Crippen molar-refractivity contribution in [1.82, 2.24) is 15.1 Å². The van der Waals surface area contributed by atoms with Crippen molar-refractivity contribution in [1.29, 1.82) is 0 Å². The average Bonchev–Trinajstić information content (AvgIpc) is 2.49. The lowest BCUT2D eigenvalue weighted by Crippen LogP contribution is -2.36. The summed E-state index contributed by atoms with van der Waals surface area (Å²) in [6.45, 7) is 19.3. The van der Waals surface area contributed by atoms with Crippen LogP contribution in [0.25, 0.3) is 0 Å². The van der Waals surface area contributed by atoms with Crippen molar-refractivity contribution in [2.45, 2.75) is 40.2 Å².